The van der Waals surface area contributed by atoms with Gasteiger partial charge in [0.05, 0.1) is 5.41 Å². The average Bonchev–Trinajstić information content (AvgIpc) is 2.47. The first kappa shape index (κ1) is 17.7. The predicted molar refractivity (Wildman–Crippen MR) is 77.9 cm³/mol. The van der Waals surface area contributed by atoms with E-state index in [4.69, 9.17) is 9.29 Å². The van der Waals surface area contributed by atoms with Crippen molar-refractivity contribution in [3.8, 4) is 0 Å². The summed E-state index contributed by atoms with van der Waals surface area (Å²) in [6.07, 6.45) is 0.114. The Morgan fingerprint density at radius 1 is 1.38 bits per heavy atom. The smallest absolute Gasteiger partial charge is 0.312 e. The highest BCUT2D eigenvalue weighted by Crippen LogP contribution is 2.59. The second-order valence-corrected chi connectivity index (χ2v) is 9.30. The number of hydrogen-bond acceptors (Lipinski definition) is 5. The molecule has 4 rings (SSSR count). The van der Waals surface area contributed by atoms with E-state index in [2.05, 4.69) is 0 Å². The molecule has 4 bridgehead atoms. The number of esters is 1. The van der Waals surface area contributed by atoms with Crippen LogP contribution in [0.5, 0.6) is 0 Å². The zero-order valence-corrected chi connectivity index (χ0v) is 14.0. The number of alkyl halides is 2. The molecule has 4 atom stereocenters. The minimum absolute atomic E-state index is 0.172. The lowest BCUT2D eigenvalue weighted by Crippen LogP contribution is -2.55. The lowest BCUT2D eigenvalue weighted by atomic mass is 9.49. The first-order valence-corrected chi connectivity index (χ1v) is 9.41. The van der Waals surface area contributed by atoms with Gasteiger partial charge in [-0.2, -0.15) is 8.42 Å². The first-order valence-electron chi connectivity index (χ1n) is 7.97. The SMILES string of the molecule is CC(F)(C(F)COC(=O)C12CC3CC(C1)C(=O)C(C3)C2)S(=O)(=O)O. The normalized spacial score (nSPS) is 38.7. The van der Waals surface area contributed by atoms with Crippen LogP contribution < -0.4 is 0 Å². The summed E-state index contributed by atoms with van der Waals surface area (Å²) in [5.41, 5.74) is -0.852. The Morgan fingerprint density at radius 2 is 1.92 bits per heavy atom. The standard InChI is InChI=1S/C15H20F2O6S/c1-14(17,24(20,21)22)11(16)7-23-13(19)15-4-8-2-9(5-15)12(18)10(3-8)6-15/h8-11H,2-7H2,1H3,(H,20,21,22). The molecule has 1 N–H and O–H groups in total. The summed E-state index contributed by atoms with van der Waals surface area (Å²) < 4.78 is 62.9. The number of hydrogen-bond donors (Lipinski definition) is 1. The molecule has 136 valence electrons. The third kappa shape index (κ3) is 2.65. The molecule has 24 heavy (non-hydrogen) atoms. The third-order valence-corrected chi connectivity index (χ3v) is 7.12. The molecule has 6 nitrogen and oxygen atoms in total. The molecule has 0 radical (unpaired) electrons. The van der Waals surface area contributed by atoms with E-state index >= 15 is 0 Å². The van der Waals surface area contributed by atoms with Crippen LogP contribution in [0.25, 0.3) is 0 Å². The number of rotatable bonds is 5. The molecule has 0 heterocycles. The fourth-order valence-corrected chi connectivity index (χ4v) is 5.00. The lowest BCUT2D eigenvalue weighted by molar-refractivity contribution is -0.176. The van der Waals surface area contributed by atoms with Crippen molar-refractivity contribution in [3.05, 3.63) is 0 Å². The predicted octanol–water partition coefficient (Wildman–Crippen LogP) is 1.84. The first-order chi connectivity index (χ1) is 11.0. The summed E-state index contributed by atoms with van der Waals surface area (Å²) in [7, 11) is -5.28. The molecule has 4 saturated carbocycles. The topological polar surface area (TPSA) is 97.7 Å². The van der Waals surface area contributed by atoms with Gasteiger partial charge in [-0.3, -0.25) is 14.1 Å². The summed E-state index contributed by atoms with van der Waals surface area (Å²) in [4.78, 5) is 24.5. The van der Waals surface area contributed by atoms with Crippen LogP contribution in [0.1, 0.15) is 39.0 Å². The molecular formula is C15H20F2O6S. The molecule has 4 aliphatic rings. The number of ketones is 1. The molecular weight excluding hydrogens is 346 g/mol. The van der Waals surface area contributed by atoms with E-state index in [1.807, 2.05) is 0 Å². The fourth-order valence-electron chi connectivity index (χ4n) is 4.61. The zero-order valence-electron chi connectivity index (χ0n) is 13.2. The molecule has 0 amide bonds. The van der Waals surface area contributed by atoms with Gasteiger partial charge < -0.3 is 4.74 Å². The summed E-state index contributed by atoms with van der Waals surface area (Å²) in [6, 6.07) is 0. The van der Waals surface area contributed by atoms with E-state index in [1.165, 1.54) is 0 Å². The molecule has 9 heteroatoms. The molecule has 4 fully saturated rings. The molecule has 0 aliphatic heterocycles. The summed E-state index contributed by atoms with van der Waals surface area (Å²) >= 11 is 0. The average molecular weight is 366 g/mol. The Morgan fingerprint density at radius 3 is 2.42 bits per heavy atom. The molecule has 0 saturated heterocycles. The van der Waals surface area contributed by atoms with E-state index in [9.17, 15) is 26.8 Å². The Kier molecular flexibility index (Phi) is 4.03. The summed E-state index contributed by atoms with van der Waals surface area (Å²) in [5, 5.41) is -3.55. The monoisotopic (exact) mass is 366 g/mol. The van der Waals surface area contributed by atoms with Crippen LogP contribution in [0, 0.1) is 23.2 Å². The Balaban J connectivity index is 1.67. The number of ether oxygens (including phenoxy) is 1. The Hall–Kier alpha value is -1.09. The highest BCUT2D eigenvalue weighted by molar-refractivity contribution is 7.87. The molecule has 0 aromatic carbocycles. The molecule has 0 aromatic heterocycles. The van der Waals surface area contributed by atoms with Gasteiger partial charge in [0.15, 0.2) is 6.17 Å². The van der Waals surface area contributed by atoms with Crippen LogP contribution in [0.4, 0.5) is 8.78 Å². The number of carbonyl (C=O) groups is 2. The number of Topliss-reactive ketones (excluding diaryl/α,β-unsaturated/α-hetero) is 1. The lowest BCUT2D eigenvalue weighted by Gasteiger charge is -2.53. The van der Waals surface area contributed by atoms with Gasteiger partial charge in [-0.1, -0.05) is 0 Å². The quantitative estimate of drug-likeness (QED) is 0.589. The highest BCUT2D eigenvalue weighted by Gasteiger charge is 2.59. The molecule has 4 aliphatic carbocycles. The van der Waals surface area contributed by atoms with Crippen molar-refractivity contribution >= 4 is 21.9 Å². The van der Waals surface area contributed by atoms with Crippen molar-refractivity contribution in [3.63, 3.8) is 0 Å². The molecule has 4 unspecified atom stereocenters. The van der Waals surface area contributed by atoms with Crippen LogP contribution in [0.2, 0.25) is 0 Å². The highest BCUT2D eigenvalue weighted by atomic mass is 32.2. The zero-order chi connectivity index (χ0) is 17.9. The van der Waals surface area contributed by atoms with Crippen molar-refractivity contribution in [1.29, 1.82) is 0 Å². The second kappa shape index (κ2) is 5.45. The van der Waals surface area contributed by atoms with E-state index in [0.717, 1.165) is 12.8 Å². The maximum absolute atomic E-state index is 13.8. The maximum Gasteiger partial charge on any atom is 0.312 e. The Bertz CT molecular complexity index is 655. The van der Waals surface area contributed by atoms with Gasteiger partial charge in [0.1, 0.15) is 12.4 Å². The van der Waals surface area contributed by atoms with Gasteiger partial charge in [0.25, 0.3) is 5.00 Å². The summed E-state index contributed by atoms with van der Waals surface area (Å²) in [5.74, 6) is -0.606. The second-order valence-electron chi connectivity index (χ2n) is 7.55. The molecule has 0 aromatic rings. The van der Waals surface area contributed by atoms with Crippen LogP contribution in [0.15, 0.2) is 0 Å². The number of halogens is 2. The van der Waals surface area contributed by atoms with Crippen LogP contribution >= 0.6 is 0 Å². The van der Waals surface area contributed by atoms with Gasteiger partial charge >= 0.3 is 16.1 Å². The van der Waals surface area contributed by atoms with E-state index < -0.39 is 39.3 Å². The van der Waals surface area contributed by atoms with E-state index in [1.54, 1.807) is 0 Å². The number of carbonyl (C=O) groups excluding carboxylic acids is 2. The van der Waals surface area contributed by atoms with Crippen LogP contribution in [0.3, 0.4) is 0 Å². The van der Waals surface area contributed by atoms with Gasteiger partial charge in [0.2, 0.25) is 0 Å². The van der Waals surface area contributed by atoms with Crippen molar-refractivity contribution in [2.24, 2.45) is 23.2 Å². The fraction of sp³-hybridized carbons (Fsp3) is 0.867. The summed E-state index contributed by atoms with van der Waals surface area (Å²) in [6.45, 7) is -0.717. The minimum Gasteiger partial charge on any atom is -0.462 e. The van der Waals surface area contributed by atoms with Crippen LogP contribution in [-0.4, -0.2) is 42.5 Å². The van der Waals surface area contributed by atoms with Gasteiger partial charge in [-0.25, -0.2) is 8.78 Å². The van der Waals surface area contributed by atoms with Crippen LogP contribution in [-0.2, 0) is 24.4 Å². The largest absolute Gasteiger partial charge is 0.462 e. The van der Waals surface area contributed by atoms with E-state index in [0.29, 0.717) is 26.2 Å². The molecule has 0 spiro atoms. The Labute approximate surface area is 138 Å². The maximum atomic E-state index is 13.8. The van der Waals surface area contributed by atoms with Crippen molar-refractivity contribution < 1.29 is 36.1 Å². The van der Waals surface area contributed by atoms with E-state index in [-0.39, 0.29) is 23.5 Å². The van der Waals surface area contributed by atoms with Gasteiger partial charge in [0, 0.05) is 11.8 Å². The van der Waals surface area contributed by atoms with Crippen molar-refractivity contribution in [2.45, 2.75) is 50.2 Å². The van der Waals surface area contributed by atoms with Crippen molar-refractivity contribution in [1.82, 2.24) is 0 Å². The van der Waals surface area contributed by atoms with Gasteiger partial charge in [-0.15, -0.1) is 0 Å². The van der Waals surface area contributed by atoms with Crippen molar-refractivity contribution in [2.75, 3.05) is 6.61 Å². The van der Waals surface area contributed by atoms with Gasteiger partial charge in [-0.05, 0) is 44.9 Å². The third-order valence-electron chi connectivity index (χ3n) is 5.85. The minimum atomic E-state index is -5.28.